The molecule has 0 spiro atoms. The van der Waals surface area contributed by atoms with Gasteiger partial charge in [0.15, 0.2) is 11.5 Å². The minimum Gasteiger partial charge on any atom is -0.492 e. The highest BCUT2D eigenvalue weighted by Crippen LogP contribution is 2.40. The van der Waals surface area contributed by atoms with Crippen LogP contribution < -0.4 is 24.8 Å². The fourth-order valence-electron chi connectivity index (χ4n) is 4.97. The topological polar surface area (TPSA) is 99.5 Å². The highest BCUT2D eigenvalue weighted by Gasteiger charge is 2.35. The summed E-state index contributed by atoms with van der Waals surface area (Å²) in [7, 11) is 0. The van der Waals surface area contributed by atoms with Crippen LogP contribution in [0.3, 0.4) is 0 Å². The molecule has 1 aliphatic rings. The van der Waals surface area contributed by atoms with Crippen LogP contribution in [0.5, 0.6) is 17.2 Å². The molecule has 3 aromatic carbocycles. The molecule has 0 fully saturated rings. The maximum atomic E-state index is 14.0. The summed E-state index contributed by atoms with van der Waals surface area (Å²) in [6.07, 6.45) is 0. The summed E-state index contributed by atoms with van der Waals surface area (Å²) in [6, 6.07) is 20.8. The molecule has 0 aliphatic carbocycles. The van der Waals surface area contributed by atoms with Crippen LogP contribution >= 0.6 is 11.8 Å². The molecule has 9 nitrogen and oxygen atoms in total. The van der Waals surface area contributed by atoms with Crippen LogP contribution in [0.2, 0.25) is 0 Å². The number of ether oxygens (including phenoxy) is 3. The monoisotopic (exact) mass is 599 g/mol. The second-order valence-electron chi connectivity index (χ2n) is 9.90. The van der Waals surface area contributed by atoms with Gasteiger partial charge in [-0.1, -0.05) is 61.2 Å². The van der Waals surface area contributed by atoms with Crippen molar-refractivity contribution in [2.75, 3.05) is 29.6 Å². The lowest BCUT2D eigenvalue weighted by atomic mass is 9.94. The maximum absolute atomic E-state index is 14.0. The van der Waals surface area contributed by atoms with Crippen molar-refractivity contribution >= 4 is 29.3 Å². The highest BCUT2D eigenvalue weighted by molar-refractivity contribution is 7.99. The number of carbonyl (C=O) groups is 1. The molecule has 1 aromatic heterocycles. The van der Waals surface area contributed by atoms with Crippen molar-refractivity contribution in [3.63, 3.8) is 0 Å². The molecule has 1 unspecified atom stereocenters. The third-order valence-corrected chi connectivity index (χ3v) is 7.73. The van der Waals surface area contributed by atoms with E-state index in [0.717, 1.165) is 22.4 Å². The lowest BCUT2D eigenvalue weighted by molar-refractivity contribution is -0.113. The van der Waals surface area contributed by atoms with Gasteiger partial charge in [0.05, 0.1) is 24.5 Å². The van der Waals surface area contributed by atoms with Crippen LogP contribution in [-0.4, -0.2) is 39.6 Å². The molecular weight excluding hydrogens is 562 g/mol. The molecule has 1 atom stereocenters. The predicted molar refractivity (Wildman–Crippen MR) is 170 cm³/mol. The van der Waals surface area contributed by atoms with Crippen LogP contribution in [-0.2, 0) is 11.4 Å². The molecule has 5 rings (SSSR count). The smallest absolute Gasteiger partial charge is 0.255 e. The fourth-order valence-corrected chi connectivity index (χ4v) is 5.53. The Bertz CT molecular complexity index is 1630. The minimum atomic E-state index is -0.571. The van der Waals surface area contributed by atoms with Gasteiger partial charge in [-0.3, -0.25) is 4.79 Å². The molecule has 0 radical (unpaired) electrons. The standard InChI is InChI=1S/C33H37N5O4S/c1-6-40-26-16-12-11-15-25(26)35-31(39)29-22(5)34-32-36-33(43-8-3)37-38(32)30(29)23-17-18-27(28(19-23)41-7-2)42-20-24-14-10-9-13-21(24)4/h9-19,30H,6-8,20H2,1-5H3,(H,35,39)(H,34,36,37). The minimum absolute atomic E-state index is 0.272. The number of nitrogens with zero attached hydrogens (tertiary/aromatic N) is 3. The average Bonchev–Trinajstić information content (AvgIpc) is 3.39. The quantitative estimate of drug-likeness (QED) is 0.168. The molecule has 4 aromatic rings. The number of carbonyl (C=O) groups excluding carboxylic acids is 1. The highest BCUT2D eigenvalue weighted by atomic mass is 32.2. The van der Waals surface area contributed by atoms with Gasteiger partial charge in [0, 0.05) is 5.70 Å². The number of fused-ring (bicyclic) bond motifs is 1. The molecule has 0 bridgehead atoms. The second-order valence-corrected chi connectivity index (χ2v) is 11.1. The fraction of sp³-hybridized carbons (Fsp3) is 0.303. The Morgan fingerprint density at radius 2 is 1.67 bits per heavy atom. The number of anilines is 2. The molecule has 0 saturated carbocycles. The summed E-state index contributed by atoms with van der Waals surface area (Å²) in [5, 5.41) is 11.8. The van der Waals surface area contributed by atoms with Gasteiger partial charge in [-0.25, -0.2) is 4.68 Å². The lowest BCUT2D eigenvalue weighted by Gasteiger charge is -2.29. The number of rotatable bonds is 12. The SMILES string of the molecule is CCOc1ccccc1NC(=O)C1=C(C)Nc2nc(SCC)nn2C1c1ccc(OCc2ccccc2C)c(OCC)c1. The van der Waals surface area contributed by atoms with Crippen molar-refractivity contribution in [3.8, 4) is 17.2 Å². The van der Waals surface area contributed by atoms with Crippen molar-refractivity contribution in [1.29, 1.82) is 0 Å². The van der Waals surface area contributed by atoms with E-state index in [1.165, 1.54) is 0 Å². The van der Waals surface area contributed by atoms with Crippen LogP contribution in [0.25, 0.3) is 0 Å². The number of hydrogen-bond acceptors (Lipinski definition) is 8. The van der Waals surface area contributed by atoms with Gasteiger partial charge >= 0.3 is 0 Å². The van der Waals surface area contributed by atoms with E-state index in [9.17, 15) is 4.79 Å². The molecule has 224 valence electrons. The third kappa shape index (κ3) is 6.64. The summed E-state index contributed by atoms with van der Waals surface area (Å²) in [6.45, 7) is 11.2. The second kappa shape index (κ2) is 13.7. The number of aromatic nitrogens is 3. The summed E-state index contributed by atoms with van der Waals surface area (Å²) < 4.78 is 19.8. The Balaban J connectivity index is 1.54. The Labute approximate surface area is 256 Å². The zero-order valence-corrected chi connectivity index (χ0v) is 26.0. The normalized spacial score (nSPS) is 14.1. The molecule has 2 heterocycles. The van der Waals surface area contributed by atoms with Gasteiger partial charge < -0.3 is 24.8 Å². The van der Waals surface area contributed by atoms with Crippen molar-refractivity contribution < 1.29 is 19.0 Å². The number of hydrogen-bond donors (Lipinski definition) is 2. The van der Waals surface area contributed by atoms with E-state index in [0.29, 0.717) is 65.1 Å². The summed E-state index contributed by atoms with van der Waals surface area (Å²) in [4.78, 5) is 18.7. The lowest BCUT2D eigenvalue weighted by Crippen LogP contribution is -2.31. The molecular formula is C33H37N5O4S. The number of benzene rings is 3. The number of thioether (sulfide) groups is 1. The van der Waals surface area contributed by atoms with Crippen molar-refractivity contribution in [2.45, 2.75) is 52.4 Å². The van der Waals surface area contributed by atoms with E-state index in [1.807, 2.05) is 75.4 Å². The molecule has 1 aliphatic heterocycles. The molecule has 1 amide bonds. The molecule has 2 N–H and O–H groups in total. The Kier molecular flexibility index (Phi) is 9.56. The number of aryl methyl sites for hydroxylation is 1. The molecule has 10 heteroatoms. The third-order valence-electron chi connectivity index (χ3n) is 7.01. The van der Waals surface area contributed by atoms with Crippen molar-refractivity contribution in [2.24, 2.45) is 0 Å². The number of allylic oxidation sites excluding steroid dienone is 1. The van der Waals surface area contributed by atoms with E-state index in [1.54, 1.807) is 16.4 Å². The molecule has 0 saturated heterocycles. The molecule has 43 heavy (non-hydrogen) atoms. The Morgan fingerprint density at radius 3 is 2.44 bits per heavy atom. The van der Waals surface area contributed by atoms with E-state index in [2.05, 4.69) is 36.6 Å². The maximum Gasteiger partial charge on any atom is 0.255 e. The number of para-hydroxylation sites is 2. The van der Waals surface area contributed by atoms with E-state index >= 15 is 0 Å². The van der Waals surface area contributed by atoms with Crippen LogP contribution in [0, 0.1) is 6.92 Å². The van der Waals surface area contributed by atoms with Gasteiger partial charge in [-0.2, -0.15) is 4.98 Å². The van der Waals surface area contributed by atoms with Crippen molar-refractivity contribution in [3.05, 3.63) is 94.7 Å². The predicted octanol–water partition coefficient (Wildman–Crippen LogP) is 7.00. The average molecular weight is 600 g/mol. The first kappa shape index (κ1) is 30.0. The van der Waals surface area contributed by atoms with Gasteiger partial charge in [0.2, 0.25) is 11.1 Å². The number of amides is 1. The zero-order valence-electron chi connectivity index (χ0n) is 25.1. The van der Waals surface area contributed by atoms with E-state index in [-0.39, 0.29) is 5.91 Å². The Morgan fingerprint density at radius 1 is 0.930 bits per heavy atom. The first-order valence-electron chi connectivity index (χ1n) is 14.5. The van der Waals surface area contributed by atoms with Crippen molar-refractivity contribution in [1.82, 2.24) is 14.8 Å². The zero-order chi connectivity index (χ0) is 30.3. The van der Waals surface area contributed by atoms with Gasteiger partial charge in [0.25, 0.3) is 5.91 Å². The summed E-state index contributed by atoms with van der Waals surface area (Å²) in [5.74, 6) is 2.95. The number of nitrogens with one attached hydrogen (secondary N) is 2. The van der Waals surface area contributed by atoms with E-state index in [4.69, 9.17) is 24.3 Å². The first-order chi connectivity index (χ1) is 20.9. The van der Waals surface area contributed by atoms with Crippen LogP contribution in [0.15, 0.2) is 83.2 Å². The van der Waals surface area contributed by atoms with E-state index < -0.39 is 6.04 Å². The largest absolute Gasteiger partial charge is 0.492 e. The van der Waals surface area contributed by atoms with Crippen LogP contribution in [0.4, 0.5) is 11.6 Å². The first-order valence-corrected chi connectivity index (χ1v) is 15.5. The summed E-state index contributed by atoms with van der Waals surface area (Å²) in [5.41, 5.74) is 4.86. The van der Waals surface area contributed by atoms with Gasteiger partial charge in [0.1, 0.15) is 18.4 Å². The van der Waals surface area contributed by atoms with Gasteiger partial charge in [-0.05, 0) is 74.4 Å². The Hall–Kier alpha value is -4.44. The van der Waals surface area contributed by atoms with Crippen LogP contribution in [0.1, 0.15) is 50.4 Å². The van der Waals surface area contributed by atoms with Gasteiger partial charge in [-0.15, -0.1) is 5.10 Å². The summed E-state index contributed by atoms with van der Waals surface area (Å²) >= 11 is 1.54.